The van der Waals surface area contributed by atoms with Crippen LogP contribution in [-0.2, 0) is 0 Å². The van der Waals surface area contributed by atoms with Crippen molar-refractivity contribution in [2.24, 2.45) is 16.5 Å². The van der Waals surface area contributed by atoms with E-state index in [4.69, 9.17) is 20.7 Å². The van der Waals surface area contributed by atoms with E-state index in [0.29, 0.717) is 17.0 Å². The monoisotopic (exact) mass is 260 g/mol. The summed E-state index contributed by atoms with van der Waals surface area (Å²) in [6.07, 6.45) is 0. The molecule has 7 nitrogen and oxygen atoms in total. The smallest absolute Gasteiger partial charge is 0.344 e. The van der Waals surface area contributed by atoms with E-state index in [1.54, 1.807) is 31.2 Å². The maximum Gasteiger partial charge on any atom is 0.344 e. The summed E-state index contributed by atoms with van der Waals surface area (Å²) < 4.78 is 9.80. The zero-order valence-electron chi connectivity index (χ0n) is 10.2. The predicted molar refractivity (Wildman–Crippen MR) is 68.1 cm³/mol. The van der Waals surface area contributed by atoms with Crippen LogP contribution in [0.4, 0.5) is 5.69 Å². The molecule has 2 aromatic rings. The van der Waals surface area contributed by atoms with Crippen LogP contribution in [0.5, 0.6) is 5.88 Å². The Balaban J connectivity index is 2.09. The lowest BCUT2D eigenvalue weighted by Crippen LogP contribution is -2.21. The number of carbonyl (C=O) groups is 1. The first-order valence-electron chi connectivity index (χ1n) is 5.40. The van der Waals surface area contributed by atoms with E-state index in [2.05, 4.69) is 10.1 Å². The van der Waals surface area contributed by atoms with Gasteiger partial charge in [0.05, 0.1) is 11.3 Å². The maximum absolute atomic E-state index is 11.8. The Labute approximate surface area is 108 Å². The minimum atomic E-state index is -0.537. The Bertz CT molecular complexity index is 612. The molecule has 19 heavy (non-hydrogen) atoms. The summed E-state index contributed by atoms with van der Waals surface area (Å²) in [6, 6.07) is 7.83. The molecule has 0 saturated heterocycles. The van der Waals surface area contributed by atoms with E-state index >= 15 is 0 Å². The number of nitrogens with two attached hydrogens (primary N) is 2. The second kappa shape index (κ2) is 5.21. The summed E-state index contributed by atoms with van der Waals surface area (Å²) in [4.78, 5) is 15.6. The molecule has 7 heteroatoms. The minimum Gasteiger partial charge on any atom is -0.400 e. The predicted octanol–water partition coefficient (Wildman–Crippen LogP) is 1.11. The molecule has 0 aliphatic carbocycles. The van der Waals surface area contributed by atoms with Gasteiger partial charge in [0.25, 0.3) is 5.88 Å². The van der Waals surface area contributed by atoms with Gasteiger partial charge in [0.2, 0.25) is 0 Å². The van der Waals surface area contributed by atoms with Crippen LogP contribution >= 0.6 is 0 Å². The number of carbonyl (C=O) groups excluding carboxylic acids is 1. The largest absolute Gasteiger partial charge is 0.400 e. The minimum absolute atomic E-state index is 0.0478. The fraction of sp³-hybridized carbons (Fsp3) is 0.0833. The second-order valence-electron chi connectivity index (χ2n) is 3.75. The third-order valence-electron chi connectivity index (χ3n) is 2.16. The molecule has 0 radical (unpaired) electrons. The third kappa shape index (κ3) is 3.32. The summed E-state index contributed by atoms with van der Waals surface area (Å²) in [7, 11) is 0. The number of nitrogens with zero attached hydrogens (tertiary/aromatic N) is 2. The number of aliphatic imine (C=N–C) groups is 1. The molecule has 0 unspecified atom stereocenters. The van der Waals surface area contributed by atoms with Gasteiger partial charge in [0.15, 0.2) is 5.96 Å². The molecule has 0 atom stereocenters. The Morgan fingerprint density at radius 2 is 2.00 bits per heavy atom. The highest BCUT2D eigenvalue weighted by atomic mass is 16.6. The van der Waals surface area contributed by atoms with Crippen molar-refractivity contribution in [1.29, 1.82) is 0 Å². The highest BCUT2D eigenvalue weighted by Gasteiger charge is 2.11. The van der Waals surface area contributed by atoms with Crippen LogP contribution in [0.1, 0.15) is 16.1 Å². The number of aromatic nitrogens is 1. The molecule has 0 spiro atoms. The zero-order chi connectivity index (χ0) is 13.8. The van der Waals surface area contributed by atoms with Crippen LogP contribution in [0, 0.1) is 6.92 Å². The summed E-state index contributed by atoms with van der Waals surface area (Å²) in [5, 5.41) is 3.57. The van der Waals surface area contributed by atoms with Crippen molar-refractivity contribution >= 4 is 17.6 Å². The number of guanidine groups is 1. The van der Waals surface area contributed by atoms with Crippen LogP contribution in [-0.4, -0.2) is 17.1 Å². The number of esters is 1. The van der Waals surface area contributed by atoms with Crippen molar-refractivity contribution in [3.63, 3.8) is 0 Å². The number of benzene rings is 1. The fourth-order valence-corrected chi connectivity index (χ4v) is 1.37. The van der Waals surface area contributed by atoms with Crippen molar-refractivity contribution < 1.29 is 14.1 Å². The highest BCUT2D eigenvalue weighted by Crippen LogP contribution is 2.15. The molecule has 0 amide bonds. The lowest BCUT2D eigenvalue weighted by molar-refractivity contribution is 0.0721. The molecule has 0 fully saturated rings. The average molecular weight is 260 g/mol. The van der Waals surface area contributed by atoms with Crippen molar-refractivity contribution in [2.45, 2.75) is 6.92 Å². The van der Waals surface area contributed by atoms with Gasteiger partial charge in [-0.2, -0.15) is 0 Å². The van der Waals surface area contributed by atoms with Crippen LogP contribution in [0.25, 0.3) is 0 Å². The van der Waals surface area contributed by atoms with Crippen molar-refractivity contribution in [3.05, 3.63) is 41.7 Å². The molecule has 0 aliphatic rings. The van der Waals surface area contributed by atoms with E-state index in [1.807, 2.05) is 0 Å². The first-order valence-corrected chi connectivity index (χ1v) is 5.40. The maximum atomic E-state index is 11.8. The van der Waals surface area contributed by atoms with E-state index in [1.165, 1.54) is 6.07 Å². The van der Waals surface area contributed by atoms with Gasteiger partial charge in [-0.1, -0.05) is 0 Å². The molecule has 1 aromatic carbocycles. The standard InChI is InChI=1S/C12H12N4O3/c1-7-6-10(16-19-7)18-11(17)8-2-4-9(5-3-8)15-12(13)14/h2-6H,1H3,(H4,13,14,15). The van der Waals surface area contributed by atoms with Crippen molar-refractivity contribution in [1.82, 2.24) is 5.16 Å². The van der Waals surface area contributed by atoms with Gasteiger partial charge in [-0.15, -0.1) is 0 Å². The van der Waals surface area contributed by atoms with Crippen molar-refractivity contribution in [3.8, 4) is 5.88 Å². The number of hydrogen-bond donors (Lipinski definition) is 2. The van der Waals surface area contributed by atoms with Gasteiger partial charge in [-0.25, -0.2) is 9.79 Å². The Morgan fingerprint density at radius 1 is 1.32 bits per heavy atom. The van der Waals surface area contributed by atoms with Gasteiger partial charge in [-0.3, -0.25) is 0 Å². The van der Waals surface area contributed by atoms with Crippen LogP contribution in [0.3, 0.4) is 0 Å². The molecule has 2 rings (SSSR count). The molecular weight excluding hydrogens is 248 g/mol. The molecule has 4 N–H and O–H groups in total. The summed E-state index contributed by atoms with van der Waals surface area (Å²) in [5.41, 5.74) is 11.4. The van der Waals surface area contributed by atoms with E-state index in [0.717, 1.165) is 0 Å². The average Bonchev–Trinajstić information content (AvgIpc) is 2.75. The molecule has 0 bridgehead atoms. The van der Waals surface area contributed by atoms with Gasteiger partial charge >= 0.3 is 5.97 Å². The molecule has 1 aromatic heterocycles. The normalized spacial score (nSPS) is 9.95. The number of ether oxygens (including phenoxy) is 1. The van der Waals surface area contributed by atoms with Crippen LogP contribution in [0.15, 0.2) is 39.8 Å². The first-order chi connectivity index (χ1) is 9.04. The van der Waals surface area contributed by atoms with Gasteiger partial charge in [0.1, 0.15) is 5.76 Å². The molecule has 0 saturated carbocycles. The topological polar surface area (TPSA) is 117 Å². The number of rotatable bonds is 3. The lowest BCUT2D eigenvalue weighted by Gasteiger charge is -2.00. The van der Waals surface area contributed by atoms with E-state index < -0.39 is 5.97 Å². The zero-order valence-corrected chi connectivity index (χ0v) is 10.2. The Kier molecular flexibility index (Phi) is 3.46. The molecule has 98 valence electrons. The molecule has 1 heterocycles. The second-order valence-corrected chi connectivity index (χ2v) is 3.75. The SMILES string of the molecule is Cc1cc(OC(=O)c2ccc(N=C(N)N)cc2)no1. The van der Waals surface area contributed by atoms with Crippen LogP contribution in [0.2, 0.25) is 0 Å². The molecular formula is C12H12N4O3. The number of aryl methyl sites for hydroxylation is 1. The van der Waals surface area contributed by atoms with Crippen molar-refractivity contribution in [2.75, 3.05) is 0 Å². The highest BCUT2D eigenvalue weighted by molar-refractivity contribution is 5.91. The Morgan fingerprint density at radius 3 is 2.53 bits per heavy atom. The number of hydrogen-bond acceptors (Lipinski definition) is 5. The van der Waals surface area contributed by atoms with Gasteiger partial charge < -0.3 is 20.7 Å². The first kappa shape index (κ1) is 12.6. The summed E-state index contributed by atoms with van der Waals surface area (Å²) in [5.74, 6) is 0.0969. The lowest BCUT2D eigenvalue weighted by atomic mass is 10.2. The van der Waals surface area contributed by atoms with E-state index in [-0.39, 0.29) is 11.8 Å². The summed E-state index contributed by atoms with van der Waals surface area (Å²) in [6.45, 7) is 1.70. The fourth-order valence-electron chi connectivity index (χ4n) is 1.37. The van der Waals surface area contributed by atoms with Gasteiger partial charge in [-0.05, 0) is 36.3 Å². The third-order valence-corrected chi connectivity index (χ3v) is 2.16. The van der Waals surface area contributed by atoms with Gasteiger partial charge in [0, 0.05) is 6.07 Å². The molecule has 0 aliphatic heterocycles. The summed E-state index contributed by atoms with van der Waals surface area (Å²) >= 11 is 0. The van der Waals surface area contributed by atoms with Crippen LogP contribution < -0.4 is 16.2 Å². The quantitative estimate of drug-likeness (QED) is 0.485. The van der Waals surface area contributed by atoms with E-state index in [9.17, 15) is 4.79 Å². The Hall–Kier alpha value is -2.83.